The summed E-state index contributed by atoms with van der Waals surface area (Å²) in [5.74, 6) is 0.460. The summed E-state index contributed by atoms with van der Waals surface area (Å²) in [4.78, 5) is 10.5. The second-order valence-corrected chi connectivity index (χ2v) is 5.43. The molecule has 1 aliphatic rings. The molecule has 0 aliphatic heterocycles. The standard InChI is InChI=1S/C13H17ClN2O3/c14-11-3-2-10(13(6-11)16(18)19)8-15-7-9-1-4-12(17)5-9/h2-3,6,9,12,15,17H,1,4-5,7-8H2. The van der Waals surface area contributed by atoms with Crippen LogP contribution in [0.5, 0.6) is 0 Å². The van der Waals surface area contributed by atoms with Crippen molar-refractivity contribution in [1.82, 2.24) is 5.32 Å². The van der Waals surface area contributed by atoms with Crippen LogP contribution in [0.15, 0.2) is 18.2 Å². The number of halogens is 1. The highest BCUT2D eigenvalue weighted by atomic mass is 35.5. The van der Waals surface area contributed by atoms with Gasteiger partial charge >= 0.3 is 0 Å². The average Bonchev–Trinajstić information content (AvgIpc) is 2.77. The Kier molecular flexibility index (Phi) is 4.74. The van der Waals surface area contributed by atoms with Crippen LogP contribution in [-0.2, 0) is 6.54 Å². The molecule has 2 N–H and O–H groups in total. The Hall–Kier alpha value is -1.17. The molecule has 1 aromatic carbocycles. The molecule has 0 bridgehead atoms. The maximum Gasteiger partial charge on any atom is 0.275 e. The topological polar surface area (TPSA) is 75.4 Å². The highest BCUT2D eigenvalue weighted by Crippen LogP contribution is 2.26. The number of nitrogens with zero attached hydrogens (tertiary/aromatic N) is 1. The molecule has 0 radical (unpaired) electrons. The van der Waals surface area contributed by atoms with Crippen LogP contribution in [0.1, 0.15) is 24.8 Å². The summed E-state index contributed by atoms with van der Waals surface area (Å²) < 4.78 is 0. The molecule has 2 atom stereocenters. The zero-order chi connectivity index (χ0) is 13.8. The van der Waals surface area contributed by atoms with Gasteiger partial charge in [-0.25, -0.2) is 0 Å². The fourth-order valence-corrected chi connectivity index (χ4v) is 2.67. The Morgan fingerprint density at radius 3 is 2.89 bits per heavy atom. The number of nitrogens with one attached hydrogen (secondary N) is 1. The number of benzene rings is 1. The highest BCUT2D eigenvalue weighted by Gasteiger charge is 2.22. The smallest absolute Gasteiger partial charge is 0.275 e. The second-order valence-electron chi connectivity index (χ2n) is 4.99. The lowest BCUT2D eigenvalue weighted by Crippen LogP contribution is -2.21. The van der Waals surface area contributed by atoms with Gasteiger partial charge in [0, 0.05) is 23.2 Å². The van der Waals surface area contributed by atoms with E-state index < -0.39 is 4.92 Å². The van der Waals surface area contributed by atoms with Gasteiger partial charge in [0.2, 0.25) is 0 Å². The van der Waals surface area contributed by atoms with Gasteiger partial charge in [0.25, 0.3) is 5.69 Å². The summed E-state index contributed by atoms with van der Waals surface area (Å²) in [6, 6.07) is 4.71. The van der Waals surface area contributed by atoms with Crippen molar-refractivity contribution in [2.24, 2.45) is 5.92 Å². The molecule has 0 spiro atoms. The molecule has 19 heavy (non-hydrogen) atoms. The number of hydrogen-bond donors (Lipinski definition) is 2. The second kappa shape index (κ2) is 6.32. The van der Waals surface area contributed by atoms with Gasteiger partial charge in [-0.05, 0) is 43.9 Å². The number of rotatable bonds is 5. The Morgan fingerprint density at radius 2 is 2.26 bits per heavy atom. The molecule has 0 saturated heterocycles. The fraction of sp³-hybridized carbons (Fsp3) is 0.538. The zero-order valence-corrected chi connectivity index (χ0v) is 11.3. The molecule has 6 heteroatoms. The lowest BCUT2D eigenvalue weighted by atomic mass is 10.1. The monoisotopic (exact) mass is 284 g/mol. The molecule has 1 aliphatic carbocycles. The molecular formula is C13H17ClN2O3. The van der Waals surface area contributed by atoms with E-state index in [1.165, 1.54) is 6.07 Å². The quantitative estimate of drug-likeness (QED) is 0.643. The first-order valence-corrected chi connectivity index (χ1v) is 6.75. The fourth-order valence-electron chi connectivity index (χ4n) is 2.50. The van der Waals surface area contributed by atoms with Crippen LogP contribution in [0.3, 0.4) is 0 Å². The van der Waals surface area contributed by atoms with Gasteiger partial charge < -0.3 is 10.4 Å². The first kappa shape index (κ1) is 14.2. The molecule has 2 rings (SSSR count). The van der Waals surface area contributed by atoms with E-state index in [1.807, 2.05) is 0 Å². The molecule has 104 valence electrons. The molecule has 5 nitrogen and oxygen atoms in total. The summed E-state index contributed by atoms with van der Waals surface area (Å²) in [7, 11) is 0. The van der Waals surface area contributed by atoms with Crippen molar-refractivity contribution in [2.45, 2.75) is 31.9 Å². The normalized spacial score (nSPS) is 22.6. The van der Waals surface area contributed by atoms with Crippen molar-refractivity contribution >= 4 is 17.3 Å². The van der Waals surface area contributed by atoms with E-state index in [4.69, 9.17) is 11.6 Å². The van der Waals surface area contributed by atoms with Crippen LogP contribution >= 0.6 is 11.6 Å². The van der Waals surface area contributed by atoms with Gasteiger partial charge in [-0.15, -0.1) is 0 Å². The van der Waals surface area contributed by atoms with Gasteiger partial charge in [-0.2, -0.15) is 0 Å². The highest BCUT2D eigenvalue weighted by molar-refractivity contribution is 6.30. The minimum Gasteiger partial charge on any atom is -0.393 e. The number of nitro benzene ring substituents is 1. The van der Waals surface area contributed by atoms with E-state index in [0.29, 0.717) is 23.0 Å². The Balaban J connectivity index is 1.90. The minimum atomic E-state index is -0.414. The van der Waals surface area contributed by atoms with Crippen molar-refractivity contribution < 1.29 is 10.0 Å². The van der Waals surface area contributed by atoms with Gasteiger partial charge in [0.1, 0.15) is 0 Å². The minimum absolute atomic E-state index is 0.0476. The summed E-state index contributed by atoms with van der Waals surface area (Å²) in [5.41, 5.74) is 0.680. The molecule has 0 amide bonds. The van der Waals surface area contributed by atoms with E-state index in [0.717, 1.165) is 25.8 Å². The zero-order valence-electron chi connectivity index (χ0n) is 10.5. The third-order valence-corrected chi connectivity index (χ3v) is 3.74. The molecular weight excluding hydrogens is 268 g/mol. The Labute approximate surface area is 116 Å². The van der Waals surface area contributed by atoms with Crippen LogP contribution < -0.4 is 5.32 Å². The summed E-state index contributed by atoms with van der Waals surface area (Å²) >= 11 is 5.76. The van der Waals surface area contributed by atoms with Crippen LogP contribution in [0.2, 0.25) is 5.02 Å². The molecule has 0 aromatic heterocycles. The van der Waals surface area contributed by atoms with Crippen LogP contribution in [0.4, 0.5) is 5.69 Å². The number of aliphatic hydroxyl groups is 1. The summed E-state index contributed by atoms with van der Waals surface area (Å²) in [6.07, 6.45) is 2.50. The van der Waals surface area contributed by atoms with Gasteiger partial charge in [0.05, 0.1) is 11.0 Å². The van der Waals surface area contributed by atoms with Gasteiger partial charge in [-0.1, -0.05) is 11.6 Å². The molecule has 1 fully saturated rings. The van der Waals surface area contributed by atoms with E-state index >= 15 is 0 Å². The van der Waals surface area contributed by atoms with Crippen molar-refractivity contribution in [3.05, 3.63) is 38.9 Å². The van der Waals surface area contributed by atoms with Crippen LogP contribution in [-0.4, -0.2) is 22.7 Å². The van der Waals surface area contributed by atoms with Crippen LogP contribution in [0.25, 0.3) is 0 Å². The van der Waals surface area contributed by atoms with Crippen molar-refractivity contribution in [2.75, 3.05) is 6.54 Å². The predicted octanol–water partition coefficient (Wildman–Crippen LogP) is 2.50. The number of aliphatic hydroxyl groups excluding tert-OH is 1. The van der Waals surface area contributed by atoms with E-state index in [9.17, 15) is 15.2 Å². The molecule has 2 unspecified atom stereocenters. The molecule has 0 heterocycles. The number of nitro groups is 1. The predicted molar refractivity (Wildman–Crippen MR) is 73.2 cm³/mol. The third-order valence-electron chi connectivity index (χ3n) is 3.51. The van der Waals surface area contributed by atoms with Crippen LogP contribution in [0, 0.1) is 16.0 Å². The Bertz CT molecular complexity index is 467. The SMILES string of the molecule is O=[N+]([O-])c1cc(Cl)ccc1CNCC1CCC(O)C1. The van der Waals surface area contributed by atoms with Gasteiger partial charge in [0.15, 0.2) is 0 Å². The average molecular weight is 285 g/mol. The molecule has 1 aromatic rings. The Morgan fingerprint density at radius 1 is 1.47 bits per heavy atom. The lowest BCUT2D eigenvalue weighted by molar-refractivity contribution is -0.385. The summed E-state index contributed by atoms with van der Waals surface area (Å²) in [5, 5.41) is 23.9. The summed E-state index contributed by atoms with van der Waals surface area (Å²) in [6.45, 7) is 1.22. The van der Waals surface area contributed by atoms with Gasteiger partial charge in [-0.3, -0.25) is 10.1 Å². The van der Waals surface area contributed by atoms with E-state index in [2.05, 4.69) is 5.32 Å². The molecule has 1 saturated carbocycles. The van der Waals surface area contributed by atoms with E-state index in [1.54, 1.807) is 12.1 Å². The van der Waals surface area contributed by atoms with Crippen molar-refractivity contribution in [3.63, 3.8) is 0 Å². The first-order chi connectivity index (χ1) is 9.06. The number of hydrogen-bond acceptors (Lipinski definition) is 4. The maximum atomic E-state index is 10.9. The van der Waals surface area contributed by atoms with Crippen molar-refractivity contribution in [1.29, 1.82) is 0 Å². The third kappa shape index (κ3) is 3.89. The largest absolute Gasteiger partial charge is 0.393 e. The van der Waals surface area contributed by atoms with E-state index in [-0.39, 0.29) is 11.8 Å². The maximum absolute atomic E-state index is 10.9. The first-order valence-electron chi connectivity index (χ1n) is 6.38. The lowest BCUT2D eigenvalue weighted by Gasteiger charge is -2.11. The van der Waals surface area contributed by atoms with Crippen molar-refractivity contribution in [3.8, 4) is 0 Å².